The summed E-state index contributed by atoms with van der Waals surface area (Å²) >= 11 is 0. The summed E-state index contributed by atoms with van der Waals surface area (Å²) in [5, 5.41) is 0. The van der Waals surface area contributed by atoms with E-state index in [1.807, 2.05) is 25.1 Å². The summed E-state index contributed by atoms with van der Waals surface area (Å²) < 4.78 is 5.44. The van der Waals surface area contributed by atoms with E-state index in [-0.39, 0.29) is 12.1 Å². The molecule has 1 rings (SSSR count). The summed E-state index contributed by atoms with van der Waals surface area (Å²) in [7, 11) is 0. The molecule has 0 heterocycles. The summed E-state index contributed by atoms with van der Waals surface area (Å²) in [4.78, 5) is 11.8. The minimum Gasteiger partial charge on any atom is -0.459 e. The Bertz CT molecular complexity index is 359. The quantitative estimate of drug-likeness (QED) is 0.424. The lowest BCUT2D eigenvalue weighted by molar-refractivity contribution is 0.0319. The van der Waals surface area contributed by atoms with Crippen LogP contribution in [0.3, 0.4) is 0 Å². The van der Waals surface area contributed by atoms with Gasteiger partial charge in [-0.05, 0) is 31.9 Å². The van der Waals surface area contributed by atoms with Crippen LogP contribution in [0.4, 0.5) is 0 Å². The molecule has 0 bridgehead atoms. The molecule has 1 aromatic rings. The van der Waals surface area contributed by atoms with Gasteiger partial charge in [-0.25, -0.2) is 4.79 Å². The van der Waals surface area contributed by atoms with Crippen molar-refractivity contribution in [3.63, 3.8) is 0 Å². The van der Waals surface area contributed by atoms with Crippen LogP contribution >= 0.6 is 0 Å². The van der Waals surface area contributed by atoms with Gasteiger partial charge in [-0.2, -0.15) is 0 Å². The van der Waals surface area contributed by atoms with Gasteiger partial charge in [0.2, 0.25) is 0 Å². The number of rotatable bonds is 10. The van der Waals surface area contributed by atoms with Crippen molar-refractivity contribution in [2.75, 3.05) is 0 Å². The Labute approximate surface area is 123 Å². The normalized spacial score (nSPS) is 12.1. The number of carbonyl (C=O) groups excluding carboxylic acids is 1. The topological polar surface area (TPSA) is 26.3 Å². The summed E-state index contributed by atoms with van der Waals surface area (Å²) in [5.41, 5.74) is 0.638. The zero-order valence-corrected chi connectivity index (χ0v) is 12.9. The van der Waals surface area contributed by atoms with Gasteiger partial charge < -0.3 is 4.74 Å². The summed E-state index contributed by atoms with van der Waals surface area (Å²) in [6.45, 7) is 4.22. The van der Waals surface area contributed by atoms with E-state index in [1.165, 1.54) is 38.5 Å². The van der Waals surface area contributed by atoms with Gasteiger partial charge in [-0.15, -0.1) is 0 Å². The van der Waals surface area contributed by atoms with Crippen LogP contribution < -0.4 is 0 Å². The molecule has 1 atom stereocenters. The lowest BCUT2D eigenvalue weighted by atomic mass is 10.1. The molecule has 0 aliphatic heterocycles. The Balaban J connectivity index is 2.08. The van der Waals surface area contributed by atoms with Crippen molar-refractivity contribution in [3.8, 4) is 0 Å². The Kier molecular flexibility index (Phi) is 8.77. The molecule has 0 saturated carbocycles. The average Bonchev–Trinajstić information content (AvgIpc) is 2.47. The maximum atomic E-state index is 11.8. The van der Waals surface area contributed by atoms with E-state index in [4.69, 9.17) is 4.74 Å². The van der Waals surface area contributed by atoms with Gasteiger partial charge in [0.05, 0.1) is 11.7 Å². The Morgan fingerprint density at radius 1 is 1.00 bits per heavy atom. The molecule has 2 nitrogen and oxygen atoms in total. The highest BCUT2D eigenvalue weighted by Gasteiger charge is 2.10. The third-order valence-electron chi connectivity index (χ3n) is 3.53. The maximum absolute atomic E-state index is 11.8. The molecule has 1 aromatic carbocycles. The molecule has 0 aromatic heterocycles. The minimum absolute atomic E-state index is 0.0124. The molecule has 0 aliphatic carbocycles. The fourth-order valence-electron chi connectivity index (χ4n) is 2.27. The molecule has 0 radical (unpaired) electrons. The Morgan fingerprint density at radius 2 is 1.60 bits per heavy atom. The van der Waals surface area contributed by atoms with Gasteiger partial charge in [0.15, 0.2) is 0 Å². The van der Waals surface area contributed by atoms with E-state index in [0.717, 1.165) is 12.8 Å². The second-order valence-corrected chi connectivity index (χ2v) is 5.49. The molecule has 20 heavy (non-hydrogen) atoms. The summed E-state index contributed by atoms with van der Waals surface area (Å²) in [6.07, 6.45) is 10.0. The minimum atomic E-state index is -0.207. The van der Waals surface area contributed by atoms with E-state index < -0.39 is 0 Å². The van der Waals surface area contributed by atoms with Crippen molar-refractivity contribution in [3.05, 3.63) is 35.9 Å². The molecule has 0 unspecified atom stereocenters. The predicted octanol–water partition coefficient (Wildman–Crippen LogP) is 5.37. The SMILES string of the molecule is CCCCCCCCC[C@@H](C)OC(=O)c1ccccc1. The lowest BCUT2D eigenvalue weighted by Gasteiger charge is -2.13. The number of unbranched alkanes of at least 4 members (excludes halogenated alkanes) is 6. The third-order valence-corrected chi connectivity index (χ3v) is 3.53. The second kappa shape index (κ2) is 10.5. The largest absolute Gasteiger partial charge is 0.459 e. The first-order valence-corrected chi connectivity index (χ1v) is 8.00. The predicted molar refractivity (Wildman–Crippen MR) is 83.9 cm³/mol. The third kappa shape index (κ3) is 7.32. The highest BCUT2D eigenvalue weighted by atomic mass is 16.5. The first-order chi connectivity index (χ1) is 9.74. The average molecular weight is 276 g/mol. The van der Waals surface area contributed by atoms with Crippen molar-refractivity contribution in [2.45, 2.75) is 71.3 Å². The number of carbonyl (C=O) groups is 1. The van der Waals surface area contributed by atoms with Crippen molar-refractivity contribution in [1.82, 2.24) is 0 Å². The van der Waals surface area contributed by atoms with Gasteiger partial charge >= 0.3 is 5.97 Å². The number of benzene rings is 1. The summed E-state index contributed by atoms with van der Waals surface area (Å²) in [6, 6.07) is 9.21. The highest BCUT2D eigenvalue weighted by Crippen LogP contribution is 2.12. The van der Waals surface area contributed by atoms with E-state index in [0.29, 0.717) is 5.56 Å². The molecular formula is C18H28O2. The van der Waals surface area contributed by atoms with Gasteiger partial charge in [-0.3, -0.25) is 0 Å². The first kappa shape index (κ1) is 16.7. The molecule has 0 fully saturated rings. The molecular weight excluding hydrogens is 248 g/mol. The molecule has 0 N–H and O–H groups in total. The number of esters is 1. The monoisotopic (exact) mass is 276 g/mol. The second-order valence-electron chi connectivity index (χ2n) is 5.49. The zero-order valence-electron chi connectivity index (χ0n) is 12.9. The number of ether oxygens (including phenoxy) is 1. The smallest absolute Gasteiger partial charge is 0.338 e. The molecule has 2 heteroatoms. The van der Waals surface area contributed by atoms with E-state index in [9.17, 15) is 4.79 Å². The van der Waals surface area contributed by atoms with Crippen LogP contribution in [-0.2, 0) is 4.74 Å². The van der Waals surface area contributed by atoms with Crippen LogP contribution in [0.15, 0.2) is 30.3 Å². The van der Waals surface area contributed by atoms with Crippen LogP contribution in [0.1, 0.15) is 75.6 Å². The summed E-state index contributed by atoms with van der Waals surface area (Å²) in [5.74, 6) is -0.207. The fraction of sp³-hybridized carbons (Fsp3) is 0.611. The van der Waals surface area contributed by atoms with Crippen LogP contribution in [0.25, 0.3) is 0 Å². The molecule has 112 valence electrons. The fourth-order valence-corrected chi connectivity index (χ4v) is 2.27. The van der Waals surface area contributed by atoms with Crippen molar-refractivity contribution in [1.29, 1.82) is 0 Å². The number of hydrogen-bond donors (Lipinski definition) is 0. The lowest BCUT2D eigenvalue weighted by Crippen LogP contribution is -2.14. The zero-order chi connectivity index (χ0) is 14.6. The molecule has 0 saturated heterocycles. The van der Waals surface area contributed by atoms with Gasteiger partial charge in [0, 0.05) is 0 Å². The van der Waals surface area contributed by atoms with Crippen LogP contribution in [0.2, 0.25) is 0 Å². The Hall–Kier alpha value is -1.31. The van der Waals surface area contributed by atoms with Crippen molar-refractivity contribution in [2.24, 2.45) is 0 Å². The first-order valence-electron chi connectivity index (χ1n) is 8.00. The number of hydrogen-bond acceptors (Lipinski definition) is 2. The van der Waals surface area contributed by atoms with Gasteiger partial charge in [-0.1, -0.05) is 63.6 Å². The van der Waals surface area contributed by atoms with Crippen LogP contribution in [0, 0.1) is 0 Å². The molecule has 0 aliphatic rings. The Morgan fingerprint density at radius 3 is 2.25 bits per heavy atom. The molecule has 0 spiro atoms. The van der Waals surface area contributed by atoms with E-state index >= 15 is 0 Å². The molecule has 0 amide bonds. The van der Waals surface area contributed by atoms with E-state index in [2.05, 4.69) is 6.92 Å². The van der Waals surface area contributed by atoms with Crippen molar-refractivity contribution < 1.29 is 9.53 Å². The van der Waals surface area contributed by atoms with Crippen LogP contribution in [-0.4, -0.2) is 12.1 Å². The maximum Gasteiger partial charge on any atom is 0.338 e. The standard InChI is InChI=1S/C18H28O2/c1-3-4-5-6-7-8-10-13-16(2)20-18(19)17-14-11-9-12-15-17/h9,11-12,14-16H,3-8,10,13H2,1-2H3/t16-/m1/s1. The van der Waals surface area contributed by atoms with E-state index in [1.54, 1.807) is 12.1 Å². The van der Waals surface area contributed by atoms with Crippen LogP contribution in [0.5, 0.6) is 0 Å². The highest BCUT2D eigenvalue weighted by molar-refractivity contribution is 5.89. The van der Waals surface area contributed by atoms with Gasteiger partial charge in [0.1, 0.15) is 0 Å². The van der Waals surface area contributed by atoms with Gasteiger partial charge in [0.25, 0.3) is 0 Å². The van der Waals surface area contributed by atoms with Crippen molar-refractivity contribution >= 4 is 5.97 Å².